The van der Waals surface area contributed by atoms with Crippen molar-refractivity contribution in [1.29, 1.82) is 0 Å². The first-order valence-electron chi connectivity index (χ1n) is 10.4. The van der Waals surface area contributed by atoms with Crippen molar-refractivity contribution in [2.75, 3.05) is 13.1 Å². The van der Waals surface area contributed by atoms with Gasteiger partial charge in [-0.1, -0.05) is 13.0 Å². The largest absolute Gasteiger partial charge is 0.364 e. The van der Waals surface area contributed by atoms with Gasteiger partial charge >= 0.3 is 5.69 Å². The number of hydrogen-bond acceptors (Lipinski definition) is 6. The molecule has 9 nitrogen and oxygen atoms in total. The van der Waals surface area contributed by atoms with Gasteiger partial charge in [-0.05, 0) is 44.1 Å². The fourth-order valence-corrected chi connectivity index (χ4v) is 4.78. The molecule has 3 aromatic heterocycles. The zero-order valence-corrected chi connectivity index (χ0v) is 18.7. The Bertz CT molecular complexity index is 1190. The molecule has 0 spiro atoms. The van der Waals surface area contributed by atoms with Gasteiger partial charge in [-0.15, -0.1) is 11.3 Å². The van der Waals surface area contributed by atoms with Crippen LogP contribution in [0.5, 0.6) is 0 Å². The van der Waals surface area contributed by atoms with Gasteiger partial charge in [0.2, 0.25) is 5.91 Å². The number of thiophene rings is 1. The van der Waals surface area contributed by atoms with Crippen molar-refractivity contribution in [1.82, 2.24) is 24.0 Å². The first kappa shape index (κ1) is 21.2. The van der Waals surface area contributed by atoms with Crippen molar-refractivity contribution >= 4 is 34.3 Å². The van der Waals surface area contributed by atoms with E-state index in [1.165, 1.54) is 20.5 Å². The normalized spacial score (nSPS) is 16.9. The Morgan fingerprint density at radius 3 is 2.71 bits per heavy atom. The van der Waals surface area contributed by atoms with Crippen LogP contribution in [0, 0.1) is 5.92 Å². The molecule has 1 saturated heterocycles. The lowest BCUT2D eigenvalue weighted by Gasteiger charge is -2.31. The first-order valence-corrected chi connectivity index (χ1v) is 11.3. The van der Waals surface area contributed by atoms with Crippen LogP contribution < -0.4 is 11.4 Å². The Kier molecular flexibility index (Phi) is 5.65. The number of likely N-dealkylation sites (tertiary alicyclic amines) is 1. The molecule has 4 rings (SSSR count). The lowest BCUT2D eigenvalue weighted by Crippen LogP contribution is -2.42. The van der Waals surface area contributed by atoms with Crippen molar-refractivity contribution in [3.8, 4) is 10.7 Å². The van der Waals surface area contributed by atoms with E-state index < -0.39 is 11.6 Å². The number of amides is 2. The van der Waals surface area contributed by atoms with Gasteiger partial charge in [0.25, 0.3) is 5.91 Å². The molecule has 1 aliphatic heterocycles. The number of carbonyl (C=O) groups is 2. The number of nitrogens with zero attached hydrogens (tertiary/aromatic N) is 5. The van der Waals surface area contributed by atoms with E-state index in [4.69, 9.17) is 5.73 Å². The van der Waals surface area contributed by atoms with Crippen LogP contribution in [-0.4, -0.2) is 48.9 Å². The summed E-state index contributed by atoms with van der Waals surface area (Å²) in [5, 5.41) is 1.88. The van der Waals surface area contributed by atoms with Gasteiger partial charge < -0.3 is 10.6 Å². The zero-order chi connectivity index (χ0) is 22.3. The number of nitrogens with two attached hydrogens (primary N) is 1. The van der Waals surface area contributed by atoms with Gasteiger partial charge in [-0.3, -0.25) is 18.7 Å². The Labute approximate surface area is 183 Å². The van der Waals surface area contributed by atoms with Crippen LogP contribution in [0.3, 0.4) is 0 Å². The molecule has 4 heterocycles. The van der Waals surface area contributed by atoms with Crippen molar-refractivity contribution in [3.05, 3.63) is 33.7 Å². The minimum atomic E-state index is -0.765. The maximum Gasteiger partial charge on any atom is 0.331 e. The Morgan fingerprint density at radius 2 is 2.10 bits per heavy atom. The van der Waals surface area contributed by atoms with Crippen LogP contribution in [-0.2, 0) is 11.3 Å². The first-order chi connectivity index (χ1) is 14.8. The summed E-state index contributed by atoms with van der Waals surface area (Å²) in [7, 11) is 0. The number of primary amides is 1. The molecular formula is C21H26N6O3S. The second-order valence-corrected chi connectivity index (χ2v) is 9.28. The summed E-state index contributed by atoms with van der Waals surface area (Å²) in [4.78, 5) is 50.2. The van der Waals surface area contributed by atoms with E-state index in [0.717, 1.165) is 17.7 Å². The van der Waals surface area contributed by atoms with Crippen LogP contribution in [0.25, 0.3) is 21.9 Å². The highest BCUT2D eigenvalue weighted by Gasteiger charge is 2.28. The van der Waals surface area contributed by atoms with Crippen LogP contribution in [0.1, 0.15) is 50.1 Å². The van der Waals surface area contributed by atoms with E-state index in [0.29, 0.717) is 30.5 Å². The maximum absolute atomic E-state index is 13.3. The number of piperidine rings is 1. The predicted octanol–water partition coefficient (Wildman–Crippen LogP) is 2.26. The highest BCUT2D eigenvalue weighted by molar-refractivity contribution is 7.13. The second kappa shape index (κ2) is 8.26. The van der Waals surface area contributed by atoms with Crippen LogP contribution in [0.2, 0.25) is 0 Å². The van der Waals surface area contributed by atoms with Crippen LogP contribution in [0.4, 0.5) is 0 Å². The predicted molar refractivity (Wildman–Crippen MR) is 119 cm³/mol. The van der Waals surface area contributed by atoms with Gasteiger partial charge in [0.15, 0.2) is 17.2 Å². The third-order valence-corrected chi connectivity index (χ3v) is 6.46. The quantitative estimate of drug-likeness (QED) is 0.651. The van der Waals surface area contributed by atoms with Crippen LogP contribution >= 0.6 is 11.3 Å². The molecule has 3 aromatic rings. The van der Waals surface area contributed by atoms with E-state index in [-0.39, 0.29) is 29.7 Å². The molecule has 1 aliphatic rings. The minimum absolute atomic E-state index is 0.0512. The summed E-state index contributed by atoms with van der Waals surface area (Å²) in [6.45, 7) is 6.98. The molecule has 0 bridgehead atoms. The summed E-state index contributed by atoms with van der Waals surface area (Å²) >= 11 is 1.43. The Balaban J connectivity index is 1.89. The fourth-order valence-electron chi connectivity index (χ4n) is 4.13. The molecule has 10 heteroatoms. The molecule has 2 N–H and O–H groups in total. The third-order valence-electron chi connectivity index (χ3n) is 5.60. The van der Waals surface area contributed by atoms with E-state index >= 15 is 0 Å². The minimum Gasteiger partial charge on any atom is -0.364 e. The lowest BCUT2D eigenvalue weighted by atomic mass is 10.0. The molecule has 2 amide bonds. The Morgan fingerprint density at radius 1 is 1.32 bits per heavy atom. The highest BCUT2D eigenvalue weighted by Crippen LogP contribution is 2.26. The maximum atomic E-state index is 13.3. The molecule has 1 fully saturated rings. The molecule has 1 atom stereocenters. The topological polar surface area (TPSA) is 116 Å². The Hall–Kier alpha value is -3.01. The summed E-state index contributed by atoms with van der Waals surface area (Å²) in [5.74, 6) is -0.170. The molecule has 0 radical (unpaired) electrons. The number of fused-ring (bicyclic) bond motifs is 1. The van der Waals surface area contributed by atoms with E-state index in [1.54, 1.807) is 4.90 Å². The number of aromatic nitrogens is 4. The standard InChI is InChI=1S/C21H26N6O3S/c1-12(2)27-20-17(16(18(22)29)23-19(24-20)14-7-5-9-31-14)26(21(27)30)11-15(28)25-8-4-6-13(3)10-25/h5,7,9,12-13H,4,6,8,10-11H2,1-3H3,(H2,22,29)/t13-/m0/s1. The van der Waals surface area contributed by atoms with E-state index in [1.807, 2.05) is 31.4 Å². The number of imidazole rings is 1. The molecule has 164 valence electrons. The van der Waals surface area contributed by atoms with Crippen molar-refractivity contribution < 1.29 is 9.59 Å². The SMILES string of the molecule is CC(C)n1c(=O)n(CC(=O)N2CCC[C@H](C)C2)c2c(C(N)=O)nc(-c3cccs3)nc21. The molecule has 0 aliphatic carbocycles. The van der Waals surface area contributed by atoms with Crippen molar-refractivity contribution in [3.63, 3.8) is 0 Å². The summed E-state index contributed by atoms with van der Waals surface area (Å²) < 4.78 is 2.79. The molecule has 31 heavy (non-hydrogen) atoms. The average Bonchev–Trinajstić information content (AvgIpc) is 3.34. The monoisotopic (exact) mass is 442 g/mol. The average molecular weight is 443 g/mol. The van der Waals surface area contributed by atoms with Gasteiger partial charge in [-0.25, -0.2) is 14.8 Å². The van der Waals surface area contributed by atoms with Gasteiger partial charge in [0.1, 0.15) is 12.1 Å². The summed E-state index contributed by atoms with van der Waals surface area (Å²) in [6.07, 6.45) is 2.02. The summed E-state index contributed by atoms with van der Waals surface area (Å²) in [6, 6.07) is 3.47. The van der Waals surface area contributed by atoms with E-state index in [9.17, 15) is 14.4 Å². The summed E-state index contributed by atoms with van der Waals surface area (Å²) in [5.41, 5.74) is 5.73. The lowest BCUT2D eigenvalue weighted by molar-refractivity contribution is -0.133. The van der Waals surface area contributed by atoms with Gasteiger partial charge in [0, 0.05) is 19.1 Å². The van der Waals surface area contributed by atoms with Crippen LogP contribution in [0.15, 0.2) is 22.3 Å². The van der Waals surface area contributed by atoms with Crippen molar-refractivity contribution in [2.24, 2.45) is 11.7 Å². The molecule has 0 aromatic carbocycles. The highest BCUT2D eigenvalue weighted by atomic mass is 32.1. The number of rotatable bonds is 5. The second-order valence-electron chi connectivity index (χ2n) is 8.33. The van der Waals surface area contributed by atoms with Gasteiger partial charge in [0.05, 0.1) is 4.88 Å². The number of carbonyl (C=O) groups excluding carboxylic acids is 2. The smallest absolute Gasteiger partial charge is 0.331 e. The van der Waals surface area contributed by atoms with Crippen molar-refractivity contribution in [2.45, 2.75) is 46.2 Å². The third kappa shape index (κ3) is 3.87. The molecule has 0 unspecified atom stereocenters. The van der Waals surface area contributed by atoms with Gasteiger partial charge in [-0.2, -0.15) is 0 Å². The number of hydrogen-bond donors (Lipinski definition) is 1. The van der Waals surface area contributed by atoms with E-state index in [2.05, 4.69) is 16.9 Å². The molecular weight excluding hydrogens is 416 g/mol. The zero-order valence-electron chi connectivity index (χ0n) is 17.9. The molecule has 0 saturated carbocycles. The fraction of sp³-hybridized carbons (Fsp3) is 0.476.